The Kier molecular flexibility index (Phi) is 5.74. The summed E-state index contributed by atoms with van der Waals surface area (Å²) in [7, 11) is 1.54. The van der Waals surface area contributed by atoms with Crippen molar-refractivity contribution in [1.29, 1.82) is 0 Å². The van der Waals surface area contributed by atoms with Crippen LogP contribution < -0.4 is 10.6 Å². The first kappa shape index (κ1) is 14.9. The Hall–Kier alpha value is -2.15. The molecule has 0 aliphatic rings. The van der Waals surface area contributed by atoms with E-state index in [-0.39, 0.29) is 11.3 Å². The predicted molar refractivity (Wildman–Crippen MR) is 66.9 cm³/mol. The summed E-state index contributed by atoms with van der Waals surface area (Å²) in [6.45, 7) is 0.830. The van der Waals surface area contributed by atoms with Gasteiger partial charge in [0.2, 0.25) is 0 Å². The molecule has 2 amide bonds. The van der Waals surface area contributed by atoms with Crippen LogP contribution in [0.15, 0.2) is 18.2 Å². The first-order valence-electron chi connectivity index (χ1n) is 5.62. The molecule has 0 aromatic heterocycles. The quantitative estimate of drug-likeness (QED) is 0.686. The molecule has 0 aliphatic heterocycles. The zero-order valence-corrected chi connectivity index (χ0v) is 10.4. The summed E-state index contributed by atoms with van der Waals surface area (Å²) in [6, 6.07) is 2.89. The van der Waals surface area contributed by atoms with Gasteiger partial charge in [-0.3, -0.25) is 0 Å². The number of halogens is 1. The highest BCUT2D eigenvalue weighted by Gasteiger charge is 2.16. The Morgan fingerprint density at radius 1 is 1.42 bits per heavy atom. The minimum atomic E-state index is -1.31. The van der Waals surface area contributed by atoms with Gasteiger partial charge in [0, 0.05) is 20.3 Å². The lowest BCUT2D eigenvalue weighted by molar-refractivity contribution is 0.0697. The topological polar surface area (TPSA) is 87.7 Å². The Labute approximate surface area is 109 Å². The van der Waals surface area contributed by atoms with Crippen molar-refractivity contribution in [1.82, 2.24) is 5.32 Å². The Bertz CT molecular complexity index is 465. The average Bonchev–Trinajstić information content (AvgIpc) is 2.37. The van der Waals surface area contributed by atoms with E-state index >= 15 is 0 Å². The van der Waals surface area contributed by atoms with Gasteiger partial charge in [-0.15, -0.1) is 0 Å². The molecule has 0 saturated carbocycles. The maximum Gasteiger partial charge on any atom is 0.337 e. The molecule has 0 radical (unpaired) electrons. The fraction of sp³-hybridized carbons (Fsp3) is 0.333. The van der Waals surface area contributed by atoms with Crippen LogP contribution in [0.5, 0.6) is 0 Å². The second-order valence-corrected chi connectivity index (χ2v) is 3.69. The number of para-hydroxylation sites is 1. The summed E-state index contributed by atoms with van der Waals surface area (Å²) in [4.78, 5) is 22.4. The van der Waals surface area contributed by atoms with Crippen LogP contribution in [-0.2, 0) is 4.74 Å². The number of aromatic carboxylic acids is 1. The molecule has 0 saturated heterocycles. The second-order valence-electron chi connectivity index (χ2n) is 3.69. The van der Waals surface area contributed by atoms with Gasteiger partial charge in [0.1, 0.15) is 5.82 Å². The van der Waals surface area contributed by atoms with Crippen molar-refractivity contribution in [3.8, 4) is 0 Å². The van der Waals surface area contributed by atoms with Crippen LogP contribution in [0.2, 0.25) is 0 Å². The van der Waals surface area contributed by atoms with Crippen molar-refractivity contribution in [3.05, 3.63) is 29.6 Å². The molecule has 104 valence electrons. The van der Waals surface area contributed by atoms with Crippen molar-refractivity contribution in [3.63, 3.8) is 0 Å². The third-order valence-corrected chi connectivity index (χ3v) is 2.29. The molecule has 0 fully saturated rings. The van der Waals surface area contributed by atoms with Crippen LogP contribution in [0.1, 0.15) is 16.8 Å². The molecular weight excluding hydrogens is 255 g/mol. The molecular formula is C12H15FN2O4. The molecule has 1 aromatic carbocycles. The number of carboxylic acid groups (broad SMARTS) is 1. The number of hydrogen-bond donors (Lipinski definition) is 3. The summed E-state index contributed by atoms with van der Waals surface area (Å²) in [6.07, 6.45) is 0.604. The summed E-state index contributed by atoms with van der Waals surface area (Å²) in [5.74, 6) is -2.11. The van der Waals surface area contributed by atoms with Gasteiger partial charge in [-0.2, -0.15) is 0 Å². The summed E-state index contributed by atoms with van der Waals surface area (Å²) in [5, 5.41) is 13.6. The van der Waals surface area contributed by atoms with Crippen LogP contribution in [-0.4, -0.2) is 37.4 Å². The molecule has 0 spiro atoms. The lowest BCUT2D eigenvalue weighted by Gasteiger charge is -2.10. The number of benzene rings is 1. The van der Waals surface area contributed by atoms with E-state index in [9.17, 15) is 14.0 Å². The van der Waals surface area contributed by atoms with Gasteiger partial charge < -0.3 is 20.5 Å². The molecule has 0 aliphatic carbocycles. The van der Waals surface area contributed by atoms with Gasteiger partial charge in [0.15, 0.2) is 0 Å². The Balaban J connectivity index is 2.66. The van der Waals surface area contributed by atoms with Gasteiger partial charge in [-0.25, -0.2) is 14.0 Å². The molecule has 6 nitrogen and oxygen atoms in total. The molecule has 1 rings (SSSR count). The third-order valence-electron chi connectivity index (χ3n) is 2.29. The molecule has 0 heterocycles. The van der Waals surface area contributed by atoms with E-state index in [0.29, 0.717) is 19.6 Å². The number of nitrogens with one attached hydrogen (secondary N) is 2. The smallest absolute Gasteiger partial charge is 0.337 e. The van der Waals surface area contributed by atoms with Crippen molar-refractivity contribution in [2.45, 2.75) is 6.42 Å². The van der Waals surface area contributed by atoms with Gasteiger partial charge in [-0.1, -0.05) is 6.07 Å². The number of amides is 2. The lowest BCUT2D eigenvalue weighted by Crippen LogP contribution is -2.31. The number of hydrogen-bond acceptors (Lipinski definition) is 3. The molecule has 0 unspecified atom stereocenters. The number of carbonyl (C=O) groups excluding carboxylic acids is 1. The highest BCUT2D eigenvalue weighted by Crippen LogP contribution is 2.19. The zero-order chi connectivity index (χ0) is 14.3. The van der Waals surface area contributed by atoms with Gasteiger partial charge in [0.25, 0.3) is 0 Å². The molecule has 0 bridgehead atoms. The third kappa shape index (κ3) is 4.55. The number of methoxy groups -OCH3 is 1. The monoisotopic (exact) mass is 270 g/mol. The van der Waals surface area contributed by atoms with Crippen molar-refractivity contribution < 1.29 is 23.8 Å². The largest absolute Gasteiger partial charge is 0.478 e. The summed E-state index contributed by atoms with van der Waals surface area (Å²) >= 11 is 0. The standard InChI is InChI=1S/C12H15FN2O4/c1-19-7-3-6-14-12(18)15-10-8(11(16)17)4-2-5-9(10)13/h2,4-5H,3,6-7H2,1H3,(H,16,17)(H2,14,15,18). The van der Waals surface area contributed by atoms with E-state index in [1.165, 1.54) is 12.1 Å². The number of rotatable bonds is 6. The number of urea groups is 1. The minimum Gasteiger partial charge on any atom is -0.478 e. The summed E-state index contributed by atoms with van der Waals surface area (Å²) in [5.41, 5.74) is -0.647. The van der Waals surface area contributed by atoms with E-state index in [1.54, 1.807) is 7.11 Å². The van der Waals surface area contributed by atoms with E-state index in [0.717, 1.165) is 6.07 Å². The van der Waals surface area contributed by atoms with E-state index < -0.39 is 17.8 Å². The van der Waals surface area contributed by atoms with Crippen molar-refractivity contribution >= 4 is 17.7 Å². The first-order chi connectivity index (χ1) is 9.06. The SMILES string of the molecule is COCCCNC(=O)Nc1c(F)cccc1C(=O)O. The minimum absolute atomic E-state index is 0.299. The maximum absolute atomic E-state index is 13.5. The molecule has 3 N–H and O–H groups in total. The summed E-state index contributed by atoms with van der Waals surface area (Å²) < 4.78 is 18.3. The van der Waals surface area contributed by atoms with Crippen LogP contribution in [0.25, 0.3) is 0 Å². The molecule has 7 heteroatoms. The Morgan fingerprint density at radius 2 is 2.16 bits per heavy atom. The Morgan fingerprint density at radius 3 is 2.79 bits per heavy atom. The zero-order valence-electron chi connectivity index (χ0n) is 10.4. The highest BCUT2D eigenvalue weighted by molar-refractivity contribution is 6.00. The number of anilines is 1. The molecule has 19 heavy (non-hydrogen) atoms. The number of ether oxygens (including phenoxy) is 1. The van der Waals surface area contributed by atoms with Crippen LogP contribution in [0.4, 0.5) is 14.9 Å². The average molecular weight is 270 g/mol. The number of carbonyl (C=O) groups is 2. The highest BCUT2D eigenvalue weighted by atomic mass is 19.1. The van der Waals surface area contributed by atoms with Gasteiger partial charge in [0.05, 0.1) is 11.3 Å². The van der Waals surface area contributed by atoms with Crippen molar-refractivity contribution in [2.24, 2.45) is 0 Å². The fourth-order valence-electron chi connectivity index (χ4n) is 1.41. The van der Waals surface area contributed by atoms with Crippen LogP contribution in [0, 0.1) is 5.82 Å². The molecule has 1 aromatic rings. The predicted octanol–water partition coefficient (Wildman–Crippen LogP) is 1.68. The van der Waals surface area contributed by atoms with Crippen LogP contribution >= 0.6 is 0 Å². The second kappa shape index (κ2) is 7.32. The first-order valence-corrected chi connectivity index (χ1v) is 5.62. The molecule has 0 atom stereocenters. The van der Waals surface area contributed by atoms with Crippen LogP contribution in [0.3, 0.4) is 0 Å². The van der Waals surface area contributed by atoms with Crippen molar-refractivity contribution in [2.75, 3.05) is 25.6 Å². The van der Waals surface area contributed by atoms with E-state index in [2.05, 4.69) is 10.6 Å². The lowest BCUT2D eigenvalue weighted by atomic mass is 10.1. The number of carboxylic acids is 1. The van der Waals surface area contributed by atoms with E-state index in [1.807, 2.05) is 0 Å². The fourth-order valence-corrected chi connectivity index (χ4v) is 1.41. The van der Waals surface area contributed by atoms with E-state index in [4.69, 9.17) is 9.84 Å². The maximum atomic E-state index is 13.5. The van der Waals surface area contributed by atoms with Gasteiger partial charge in [-0.05, 0) is 18.6 Å². The normalized spacial score (nSPS) is 10.0. The van der Waals surface area contributed by atoms with Gasteiger partial charge >= 0.3 is 12.0 Å².